The molecule has 1 heterocycles. The summed E-state index contributed by atoms with van der Waals surface area (Å²) in [6, 6.07) is 7.98. The van der Waals surface area contributed by atoms with Crippen LogP contribution >= 0.6 is 24.0 Å². The number of carbonyl (C=O) groups excluding carboxylic acids is 1. The highest BCUT2D eigenvalue weighted by molar-refractivity contribution is 6.30. The first kappa shape index (κ1) is 18.6. The third-order valence-corrected chi connectivity index (χ3v) is 5.43. The van der Waals surface area contributed by atoms with Gasteiger partial charge in [-0.2, -0.15) is 0 Å². The molecule has 2 fully saturated rings. The van der Waals surface area contributed by atoms with E-state index in [1.807, 2.05) is 12.1 Å². The van der Waals surface area contributed by atoms with Gasteiger partial charge in [0.2, 0.25) is 5.91 Å². The third kappa shape index (κ3) is 4.62. The highest BCUT2D eigenvalue weighted by Crippen LogP contribution is 2.39. The normalized spacial score (nSPS) is 22.6. The molecule has 23 heavy (non-hydrogen) atoms. The van der Waals surface area contributed by atoms with Crippen LogP contribution in [0.4, 0.5) is 0 Å². The molecule has 128 valence electrons. The maximum atomic E-state index is 12.4. The quantitative estimate of drug-likeness (QED) is 0.835. The number of halogens is 2. The van der Waals surface area contributed by atoms with Crippen LogP contribution in [0.5, 0.6) is 0 Å². The molecule has 2 aliphatic rings. The summed E-state index contributed by atoms with van der Waals surface area (Å²) in [5.74, 6) is 0.865. The molecule has 1 aromatic carbocycles. The summed E-state index contributed by atoms with van der Waals surface area (Å²) in [4.78, 5) is 12.4. The van der Waals surface area contributed by atoms with Crippen LogP contribution in [-0.2, 0) is 10.3 Å². The fourth-order valence-corrected chi connectivity index (χ4v) is 3.98. The van der Waals surface area contributed by atoms with Crippen molar-refractivity contribution < 1.29 is 4.79 Å². The van der Waals surface area contributed by atoms with Crippen LogP contribution in [0.25, 0.3) is 0 Å². The van der Waals surface area contributed by atoms with Gasteiger partial charge in [-0.05, 0) is 62.4 Å². The molecule has 1 saturated carbocycles. The summed E-state index contributed by atoms with van der Waals surface area (Å²) in [6.07, 6.45) is 7.26. The zero-order valence-electron chi connectivity index (χ0n) is 13.4. The van der Waals surface area contributed by atoms with Gasteiger partial charge >= 0.3 is 0 Å². The molecule has 1 amide bonds. The molecule has 1 atom stereocenters. The number of carbonyl (C=O) groups is 1. The van der Waals surface area contributed by atoms with Gasteiger partial charge in [0.05, 0.1) is 5.54 Å². The topological polar surface area (TPSA) is 41.1 Å². The van der Waals surface area contributed by atoms with E-state index in [1.54, 1.807) is 0 Å². The Morgan fingerprint density at radius 1 is 1.26 bits per heavy atom. The molecular weight excluding hydrogens is 331 g/mol. The van der Waals surface area contributed by atoms with E-state index in [2.05, 4.69) is 22.8 Å². The average molecular weight is 357 g/mol. The lowest BCUT2D eigenvalue weighted by atomic mass is 9.87. The molecule has 1 saturated heterocycles. The first-order valence-electron chi connectivity index (χ1n) is 8.46. The van der Waals surface area contributed by atoms with Crippen LogP contribution in [0.1, 0.15) is 50.5 Å². The summed E-state index contributed by atoms with van der Waals surface area (Å²) in [5, 5.41) is 7.46. The standard InChI is InChI=1S/C18H25ClN2O.ClH/c19-16-6-4-15(5-7-16)18(10-1-2-11-18)21-17(22)8-3-14-9-12-20-13-14;/h4-7,14,20H,1-3,8-13H2,(H,21,22);1H. The second kappa shape index (κ2) is 8.36. The molecule has 5 heteroatoms. The van der Waals surface area contributed by atoms with Gasteiger partial charge in [0.25, 0.3) is 0 Å². The smallest absolute Gasteiger partial charge is 0.220 e. The predicted molar refractivity (Wildman–Crippen MR) is 97.2 cm³/mol. The van der Waals surface area contributed by atoms with Gasteiger partial charge in [-0.25, -0.2) is 0 Å². The SMILES string of the molecule is Cl.O=C(CCC1CCNC1)NC1(c2ccc(Cl)cc2)CCCC1. The van der Waals surface area contributed by atoms with Gasteiger partial charge in [0.15, 0.2) is 0 Å². The second-order valence-corrected chi connectivity index (χ2v) is 7.18. The molecule has 3 nitrogen and oxygen atoms in total. The maximum Gasteiger partial charge on any atom is 0.220 e. The molecular formula is C18H26Cl2N2O. The van der Waals surface area contributed by atoms with Crippen LogP contribution in [-0.4, -0.2) is 19.0 Å². The second-order valence-electron chi connectivity index (χ2n) is 6.74. The van der Waals surface area contributed by atoms with Crippen molar-refractivity contribution >= 4 is 29.9 Å². The van der Waals surface area contributed by atoms with Gasteiger partial charge < -0.3 is 10.6 Å². The highest BCUT2D eigenvalue weighted by Gasteiger charge is 2.36. The monoisotopic (exact) mass is 356 g/mol. The minimum atomic E-state index is -0.171. The zero-order valence-corrected chi connectivity index (χ0v) is 15.0. The predicted octanol–water partition coefficient (Wildman–Crippen LogP) is 4.04. The lowest BCUT2D eigenvalue weighted by Crippen LogP contribution is -2.43. The first-order valence-corrected chi connectivity index (χ1v) is 8.83. The number of hydrogen-bond donors (Lipinski definition) is 2. The van der Waals surface area contributed by atoms with E-state index in [0.717, 1.165) is 37.4 Å². The molecule has 1 aromatic rings. The van der Waals surface area contributed by atoms with Gasteiger partial charge in [0.1, 0.15) is 0 Å². The fraction of sp³-hybridized carbons (Fsp3) is 0.611. The van der Waals surface area contributed by atoms with Crippen LogP contribution in [0.2, 0.25) is 5.02 Å². The van der Waals surface area contributed by atoms with Crippen molar-refractivity contribution in [3.8, 4) is 0 Å². The molecule has 0 bridgehead atoms. The van der Waals surface area contributed by atoms with Gasteiger partial charge in [-0.15, -0.1) is 12.4 Å². The summed E-state index contributed by atoms with van der Waals surface area (Å²) in [7, 11) is 0. The van der Waals surface area contributed by atoms with E-state index in [1.165, 1.54) is 24.8 Å². The molecule has 0 radical (unpaired) electrons. The minimum absolute atomic E-state index is 0. The third-order valence-electron chi connectivity index (χ3n) is 5.17. The summed E-state index contributed by atoms with van der Waals surface area (Å²) >= 11 is 6.00. The first-order chi connectivity index (χ1) is 10.7. The lowest BCUT2D eigenvalue weighted by molar-refractivity contribution is -0.123. The Morgan fingerprint density at radius 3 is 2.57 bits per heavy atom. The summed E-state index contributed by atoms with van der Waals surface area (Å²) in [6.45, 7) is 2.16. The summed E-state index contributed by atoms with van der Waals surface area (Å²) in [5.41, 5.74) is 1.03. The van der Waals surface area contributed by atoms with Crippen LogP contribution in [0, 0.1) is 5.92 Å². The molecule has 2 N–H and O–H groups in total. The van der Waals surface area contributed by atoms with Crippen molar-refractivity contribution in [2.45, 2.75) is 50.5 Å². The molecule has 3 rings (SSSR count). The van der Waals surface area contributed by atoms with Crippen LogP contribution in [0.3, 0.4) is 0 Å². The van der Waals surface area contributed by atoms with Crippen molar-refractivity contribution in [3.63, 3.8) is 0 Å². The maximum absolute atomic E-state index is 12.4. The van der Waals surface area contributed by atoms with E-state index in [4.69, 9.17) is 11.6 Å². The lowest BCUT2D eigenvalue weighted by Gasteiger charge is -2.31. The average Bonchev–Trinajstić information content (AvgIpc) is 3.18. The van der Waals surface area contributed by atoms with E-state index < -0.39 is 0 Å². The van der Waals surface area contributed by atoms with Crippen molar-refractivity contribution in [2.24, 2.45) is 5.92 Å². The highest BCUT2D eigenvalue weighted by atomic mass is 35.5. The van der Waals surface area contributed by atoms with Gasteiger partial charge in [-0.1, -0.05) is 36.6 Å². The molecule has 1 aliphatic carbocycles. The fourth-order valence-electron chi connectivity index (χ4n) is 3.86. The molecule has 0 spiro atoms. The van der Waals surface area contributed by atoms with Crippen LogP contribution in [0.15, 0.2) is 24.3 Å². The van der Waals surface area contributed by atoms with Gasteiger partial charge in [-0.3, -0.25) is 4.79 Å². The zero-order chi connectivity index (χ0) is 15.4. The minimum Gasteiger partial charge on any atom is -0.347 e. The number of benzene rings is 1. The number of hydrogen-bond acceptors (Lipinski definition) is 2. The Balaban J connectivity index is 0.00000192. The molecule has 1 unspecified atom stereocenters. The van der Waals surface area contributed by atoms with Crippen molar-refractivity contribution in [1.29, 1.82) is 0 Å². The van der Waals surface area contributed by atoms with E-state index in [-0.39, 0.29) is 23.9 Å². The Kier molecular flexibility index (Phi) is 6.75. The number of amides is 1. The molecule has 0 aromatic heterocycles. The Bertz CT molecular complexity index is 506. The van der Waals surface area contributed by atoms with E-state index in [0.29, 0.717) is 12.3 Å². The van der Waals surface area contributed by atoms with E-state index >= 15 is 0 Å². The Morgan fingerprint density at radius 2 is 1.96 bits per heavy atom. The van der Waals surface area contributed by atoms with E-state index in [9.17, 15) is 4.79 Å². The van der Waals surface area contributed by atoms with Crippen LogP contribution < -0.4 is 10.6 Å². The number of rotatable bonds is 5. The Hall–Kier alpha value is -0.770. The van der Waals surface area contributed by atoms with Crippen molar-refractivity contribution in [2.75, 3.05) is 13.1 Å². The Labute approximate surface area is 150 Å². The number of nitrogens with one attached hydrogen (secondary N) is 2. The largest absolute Gasteiger partial charge is 0.347 e. The summed E-state index contributed by atoms with van der Waals surface area (Å²) < 4.78 is 0. The van der Waals surface area contributed by atoms with Crippen molar-refractivity contribution in [1.82, 2.24) is 10.6 Å². The van der Waals surface area contributed by atoms with Crippen molar-refractivity contribution in [3.05, 3.63) is 34.9 Å². The molecule has 1 aliphatic heterocycles. The van der Waals surface area contributed by atoms with Gasteiger partial charge in [0, 0.05) is 11.4 Å².